The second kappa shape index (κ2) is 5.58. The molecule has 0 aliphatic rings. The summed E-state index contributed by atoms with van der Waals surface area (Å²) in [6, 6.07) is 2.28. The molecule has 18 heavy (non-hydrogen) atoms. The number of amides is 1. The Morgan fingerprint density at radius 3 is 2.61 bits per heavy atom. The van der Waals surface area contributed by atoms with Gasteiger partial charge in [0.25, 0.3) is 0 Å². The topological polar surface area (TPSA) is 55.1 Å². The Kier molecular flexibility index (Phi) is 4.59. The van der Waals surface area contributed by atoms with Crippen LogP contribution in [0.2, 0.25) is 5.02 Å². The van der Waals surface area contributed by atoms with Gasteiger partial charge in [0.2, 0.25) is 5.91 Å². The van der Waals surface area contributed by atoms with Crippen LogP contribution < -0.4 is 11.1 Å². The van der Waals surface area contributed by atoms with Crippen LogP contribution in [0.15, 0.2) is 18.2 Å². The summed E-state index contributed by atoms with van der Waals surface area (Å²) in [4.78, 5) is 11.5. The van der Waals surface area contributed by atoms with Crippen molar-refractivity contribution in [2.75, 3.05) is 5.32 Å². The van der Waals surface area contributed by atoms with Crippen LogP contribution in [0.1, 0.15) is 18.9 Å². The summed E-state index contributed by atoms with van der Waals surface area (Å²) >= 11 is 5.51. The first kappa shape index (κ1) is 14.8. The minimum Gasteiger partial charge on any atom is -0.324 e. The van der Waals surface area contributed by atoms with Gasteiger partial charge in [-0.25, -0.2) is 0 Å². The number of hydrogen-bond donors (Lipinski definition) is 2. The summed E-state index contributed by atoms with van der Waals surface area (Å²) in [5.41, 5.74) is 4.09. The summed E-state index contributed by atoms with van der Waals surface area (Å²) in [7, 11) is 0. The van der Waals surface area contributed by atoms with E-state index in [1.807, 2.05) is 0 Å². The number of benzene rings is 1. The number of carbonyl (C=O) groups is 1. The summed E-state index contributed by atoms with van der Waals surface area (Å²) in [5.74, 6) is -0.662. The van der Waals surface area contributed by atoms with Gasteiger partial charge in [-0.05, 0) is 24.6 Å². The van der Waals surface area contributed by atoms with Crippen molar-refractivity contribution in [1.29, 1.82) is 0 Å². The Morgan fingerprint density at radius 1 is 1.50 bits per heavy atom. The van der Waals surface area contributed by atoms with Crippen molar-refractivity contribution in [1.82, 2.24) is 0 Å². The zero-order chi connectivity index (χ0) is 13.9. The summed E-state index contributed by atoms with van der Waals surface area (Å²) in [6.45, 7) is 1.66. The van der Waals surface area contributed by atoms with Crippen LogP contribution in [0.5, 0.6) is 0 Å². The number of halogens is 4. The largest absolute Gasteiger partial charge is 0.418 e. The van der Waals surface area contributed by atoms with Crippen LogP contribution in [0.3, 0.4) is 0 Å². The van der Waals surface area contributed by atoms with Crippen LogP contribution in [-0.2, 0) is 11.0 Å². The molecule has 0 heterocycles. The number of nitrogens with two attached hydrogens (primary N) is 1. The third kappa shape index (κ3) is 3.61. The van der Waals surface area contributed by atoms with Gasteiger partial charge in [0.05, 0.1) is 17.3 Å². The molecule has 0 saturated carbocycles. The molecule has 3 nitrogen and oxygen atoms in total. The predicted octanol–water partition coefficient (Wildman–Crippen LogP) is 3.03. The molecule has 1 atom stereocenters. The van der Waals surface area contributed by atoms with Gasteiger partial charge < -0.3 is 11.1 Å². The molecule has 0 spiro atoms. The molecule has 1 amide bonds. The zero-order valence-corrected chi connectivity index (χ0v) is 10.3. The van der Waals surface area contributed by atoms with Gasteiger partial charge in [-0.15, -0.1) is 0 Å². The molecule has 0 aliphatic heterocycles. The van der Waals surface area contributed by atoms with E-state index in [1.54, 1.807) is 6.92 Å². The molecule has 100 valence electrons. The molecule has 1 aromatic carbocycles. The van der Waals surface area contributed by atoms with E-state index in [-0.39, 0.29) is 10.7 Å². The first-order valence-corrected chi connectivity index (χ1v) is 5.56. The lowest BCUT2D eigenvalue weighted by Crippen LogP contribution is -2.35. The molecule has 1 aromatic rings. The van der Waals surface area contributed by atoms with Gasteiger partial charge in [-0.2, -0.15) is 13.2 Å². The number of anilines is 1. The average Bonchev–Trinajstić information content (AvgIpc) is 2.28. The van der Waals surface area contributed by atoms with Crippen molar-refractivity contribution in [3.63, 3.8) is 0 Å². The molecule has 7 heteroatoms. The lowest BCUT2D eigenvalue weighted by molar-refractivity contribution is -0.137. The molecule has 3 N–H and O–H groups in total. The van der Waals surface area contributed by atoms with Crippen LogP contribution in [0.25, 0.3) is 0 Å². The van der Waals surface area contributed by atoms with E-state index >= 15 is 0 Å². The maximum absolute atomic E-state index is 12.7. The number of rotatable bonds is 3. The molecule has 0 radical (unpaired) electrons. The van der Waals surface area contributed by atoms with Crippen LogP contribution in [0, 0.1) is 0 Å². The van der Waals surface area contributed by atoms with Gasteiger partial charge in [0.15, 0.2) is 0 Å². The molecule has 1 rings (SSSR count). The fraction of sp³-hybridized carbons (Fsp3) is 0.364. The Morgan fingerprint density at radius 2 is 2.11 bits per heavy atom. The van der Waals surface area contributed by atoms with Crippen molar-refractivity contribution in [2.24, 2.45) is 5.73 Å². The third-order valence-electron chi connectivity index (χ3n) is 2.32. The normalized spacial score (nSPS) is 13.2. The van der Waals surface area contributed by atoms with E-state index in [2.05, 4.69) is 5.32 Å². The summed E-state index contributed by atoms with van der Waals surface area (Å²) < 4.78 is 38.2. The Bertz CT molecular complexity index is 448. The van der Waals surface area contributed by atoms with Crippen molar-refractivity contribution < 1.29 is 18.0 Å². The van der Waals surface area contributed by atoms with Gasteiger partial charge in [-0.3, -0.25) is 4.79 Å². The lowest BCUT2D eigenvalue weighted by atomic mass is 10.1. The van der Waals surface area contributed by atoms with E-state index in [9.17, 15) is 18.0 Å². The van der Waals surface area contributed by atoms with Crippen LogP contribution >= 0.6 is 11.6 Å². The van der Waals surface area contributed by atoms with E-state index in [1.165, 1.54) is 6.07 Å². The smallest absolute Gasteiger partial charge is 0.324 e. The van der Waals surface area contributed by atoms with E-state index in [0.717, 1.165) is 12.1 Å². The van der Waals surface area contributed by atoms with Gasteiger partial charge in [0, 0.05) is 5.02 Å². The van der Waals surface area contributed by atoms with Gasteiger partial charge in [-0.1, -0.05) is 18.5 Å². The molecular formula is C11H12ClF3N2O. The highest BCUT2D eigenvalue weighted by Gasteiger charge is 2.34. The van der Waals surface area contributed by atoms with Crippen molar-refractivity contribution in [3.05, 3.63) is 28.8 Å². The molecule has 0 saturated heterocycles. The maximum atomic E-state index is 12.7. The highest BCUT2D eigenvalue weighted by atomic mass is 35.5. The molecular weight excluding hydrogens is 269 g/mol. The fourth-order valence-electron chi connectivity index (χ4n) is 1.27. The number of hydrogen-bond acceptors (Lipinski definition) is 2. The van der Waals surface area contributed by atoms with Gasteiger partial charge >= 0.3 is 6.18 Å². The third-order valence-corrected chi connectivity index (χ3v) is 2.56. The Balaban J connectivity index is 3.06. The van der Waals surface area contributed by atoms with Crippen molar-refractivity contribution in [3.8, 4) is 0 Å². The van der Waals surface area contributed by atoms with Crippen molar-refractivity contribution >= 4 is 23.2 Å². The minimum absolute atomic E-state index is 0.0555. The number of alkyl halides is 3. The summed E-state index contributed by atoms with van der Waals surface area (Å²) in [6.07, 6.45) is -4.26. The first-order valence-electron chi connectivity index (χ1n) is 5.19. The lowest BCUT2D eigenvalue weighted by Gasteiger charge is -2.16. The van der Waals surface area contributed by atoms with E-state index < -0.39 is 23.7 Å². The summed E-state index contributed by atoms with van der Waals surface area (Å²) in [5, 5.41) is 2.10. The Labute approximate surface area is 107 Å². The van der Waals surface area contributed by atoms with Crippen LogP contribution in [0.4, 0.5) is 18.9 Å². The standard InChI is InChI=1S/C11H12ClF3N2O/c1-2-8(16)10(18)17-9-4-3-6(12)5-7(9)11(13,14)15/h3-5,8H,2,16H2,1H3,(H,17,18). The molecule has 1 unspecified atom stereocenters. The molecule has 0 fully saturated rings. The molecule has 0 aromatic heterocycles. The zero-order valence-electron chi connectivity index (χ0n) is 9.51. The van der Waals surface area contributed by atoms with E-state index in [4.69, 9.17) is 17.3 Å². The second-order valence-corrected chi connectivity index (χ2v) is 4.13. The molecule has 0 aliphatic carbocycles. The minimum atomic E-state index is -4.59. The maximum Gasteiger partial charge on any atom is 0.418 e. The SMILES string of the molecule is CCC(N)C(=O)Nc1ccc(Cl)cc1C(F)(F)F. The second-order valence-electron chi connectivity index (χ2n) is 3.69. The van der Waals surface area contributed by atoms with Crippen LogP contribution in [-0.4, -0.2) is 11.9 Å². The first-order chi connectivity index (χ1) is 8.25. The highest BCUT2D eigenvalue weighted by molar-refractivity contribution is 6.30. The highest BCUT2D eigenvalue weighted by Crippen LogP contribution is 2.36. The average molecular weight is 281 g/mol. The fourth-order valence-corrected chi connectivity index (χ4v) is 1.44. The number of nitrogens with one attached hydrogen (secondary N) is 1. The monoisotopic (exact) mass is 280 g/mol. The quantitative estimate of drug-likeness (QED) is 0.894. The molecule has 0 bridgehead atoms. The van der Waals surface area contributed by atoms with E-state index in [0.29, 0.717) is 6.42 Å². The Hall–Kier alpha value is -1.27. The van der Waals surface area contributed by atoms with Crippen molar-refractivity contribution in [2.45, 2.75) is 25.6 Å². The predicted molar refractivity (Wildman–Crippen MR) is 63.4 cm³/mol. The van der Waals surface area contributed by atoms with Gasteiger partial charge in [0.1, 0.15) is 0 Å². The number of carbonyl (C=O) groups excluding carboxylic acids is 1.